The summed E-state index contributed by atoms with van der Waals surface area (Å²) in [6, 6.07) is 30.2. The van der Waals surface area contributed by atoms with Gasteiger partial charge in [-0.3, -0.25) is 0 Å². The monoisotopic (exact) mass is 693 g/mol. The number of fused-ring (bicyclic) bond motifs is 5. The van der Waals surface area contributed by atoms with E-state index in [1.165, 1.54) is 12.1 Å². The van der Waals surface area contributed by atoms with Gasteiger partial charge in [0.05, 0.1) is 44.8 Å². The molecule has 0 radical (unpaired) electrons. The highest BCUT2D eigenvalue weighted by Crippen LogP contribution is 2.45. The standard InChI is InChI=1S/C40H19F8N3/c41-31-28(32(42)34(44)35(45)33(31)43)20-15-17-23(18-16-20)36-30-25(40(46,47)48)19-27-39(29(30)24-13-7-8-14-26(24)49-36)51-38(22-11-5-2-6-12-22)37(50-27)21-9-3-1-4-10-21/h1-19H. The number of hydrogen-bond acceptors (Lipinski definition) is 3. The van der Waals surface area contributed by atoms with Crippen LogP contribution in [0.5, 0.6) is 0 Å². The maximum atomic E-state index is 15.1. The van der Waals surface area contributed by atoms with Gasteiger partial charge in [0.15, 0.2) is 23.3 Å². The van der Waals surface area contributed by atoms with Crippen molar-refractivity contribution in [1.29, 1.82) is 0 Å². The van der Waals surface area contributed by atoms with Crippen molar-refractivity contribution in [3.63, 3.8) is 0 Å². The highest BCUT2D eigenvalue weighted by molar-refractivity contribution is 6.22. The molecule has 0 saturated carbocycles. The van der Waals surface area contributed by atoms with Gasteiger partial charge in [-0.2, -0.15) is 13.2 Å². The lowest BCUT2D eigenvalue weighted by molar-refractivity contribution is -0.136. The second-order valence-corrected chi connectivity index (χ2v) is 11.7. The summed E-state index contributed by atoms with van der Waals surface area (Å²) in [6.07, 6.45) is -4.91. The fourth-order valence-corrected chi connectivity index (χ4v) is 6.34. The largest absolute Gasteiger partial charge is 0.417 e. The molecular formula is C40H19F8N3. The third-order valence-corrected chi connectivity index (χ3v) is 8.66. The molecule has 6 aromatic carbocycles. The van der Waals surface area contributed by atoms with Crippen LogP contribution in [0.15, 0.2) is 115 Å². The molecule has 8 aromatic rings. The minimum atomic E-state index is -4.91. The summed E-state index contributed by atoms with van der Waals surface area (Å²) in [7, 11) is 0. The molecule has 0 saturated heterocycles. The maximum Gasteiger partial charge on any atom is 0.417 e. The molecule has 0 aliphatic rings. The zero-order chi connectivity index (χ0) is 35.6. The molecule has 0 aliphatic heterocycles. The molecule has 0 spiro atoms. The van der Waals surface area contributed by atoms with Crippen LogP contribution >= 0.6 is 0 Å². The zero-order valence-electron chi connectivity index (χ0n) is 25.8. The van der Waals surface area contributed by atoms with Crippen molar-refractivity contribution in [2.45, 2.75) is 6.18 Å². The molecule has 11 heteroatoms. The van der Waals surface area contributed by atoms with Gasteiger partial charge in [-0.05, 0) is 17.7 Å². The van der Waals surface area contributed by atoms with Crippen LogP contribution < -0.4 is 0 Å². The molecule has 2 aromatic heterocycles. The van der Waals surface area contributed by atoms with E-state index in [2.05, 4.69) is 4.98 Å². The Balaban J connectivity index is 1.47. The average molecular weight is 694 g/mol. The van der Waals surface area contributed by atoms with Gasteiger partial charge in [0.1, 0.15) is 0 Å². The number of rotatable bonds is 4. The molecule has 0 atom stereocenters. The average Bonchev–Trinajstić information content (AvgIpc) is 3.15. The molecule has 3 nitrogen and oxygen atoms in total. The predicted octanol–water partition coefficient (Wildman–Crippen LogP) is 11.7. The van der Waals surface area contributed by atoms with Crippen molar-refractivity contribution >= 4 is 32.7 Å². The Morgan fingerprint density at radius 3 is 1.47 bits per heavy atom. The fourth-order valence-electron chi connectivity index (χ4n) is 6.34. The molecule has 0 unspecified atom stereocenters. The Labute approximate surface area is 283 Å². The SMILES string of the molecule is Fc1c(F)c(F)c(-c2ccc(-c3nc4ccccc4c4c3c(C(F)(F)F)cc3nc(-c5ccccc5)c(-c5ccccc5)nc34)cc2)c(F)c1F. The van der Waals surface area contributed by atoms with Crippen LogP contribution in [0.4, 0.5) is 35.1 Å². The van der Waals surface area contributed by atoms with Gasteiger partial charge in [-0.25, -0.2) is 36.9 Å². The van der Waals surface area contributed by atoms with E-state index < -0.39 is 46.4 Å². The van der Waals surface area contributed by atoms with Crippen molar-refractivity contribution in [1.82, 2.24) is 15.0 Å². The first kappa shape index (κ1) is 32.0. The zero-order valence-corrected chi connectivity index (χ0v) is 25.8. The van der Waals surface area contributed by atoms with Crippen molar-refractivity contribution in [3.05, 3.63) is 150 Å². The van der Waals surface area contributed by atoms with Crippen LogP contribution in [0.2, 0.25) is 0 Å². The number of nitrogens with zero attached hydrogens (tertiary/aromatic N) is 3. The number of hydrogen-bond donors (Lipinski definition) is 0. The van der Waals surface area contributed by atoms with E-state index in [0.29, 0.717) is 33.4 Å². The molecule has 0 aliphatic carbocycles. The molecule has 0 N–H and O–H groups in total. The van der Waals surface area contributed by atoms with Gasteiger partial charge in [0.2, 0.25) is 5.82 Å². The highest BCUT2D eigenvalue weighted by Gasteiger charge is 2.36. The van der Waals surface area contributed by atoms with Crippen molar-refractivity contribution in [2.24, 2.45) is 0 Å². The number of aromatic nitrogens is 3. The minimum absolute atomic E-state index is 0.0164. The van der Waals surface area contributed by atoms with Gasteiger partial charge in [-0.15, -0.1) is 0 Å². The minimum Gasteiger partial charge on any atom is -0.247 e. The second-order valence-electron chi connectivity index (χ2n) is 11.7. The smallest absolute Gasteiger partial charge is 0.247 e. The lowest BCUT2D eigenvalue weighted by Crippen LogP contribution is -2.09. The van der Waals surface area contributed by atoms with Gasteiger partial charge in [0.25, 0.3) is 0 Å². The lowest BCUT2D eigenvalue weighted by Gasteiger charge is -2.19. The van der Waals surface area contributed by atoms with Crippen molar-refractivity contribution in [2.75, 3.05) is 0 Å². The molecule has 250 valence electrons. The van der Waals surface area contributed by atoms with Crippen LogP contribution in [-0.4, -0.2) is 15.0 Å². The molecule has 0 bridgehead atoms. The van der Waals surface area contributed by atoms with E-state index in [-0.39, 0.29) is 38.6 Å². The summed E-state index contributed by atoms with van der Waals surface area (Å²) < 4.78 is 116. The van der Waals surface area contributed by atoms with Gasteiger partial charge < -0.3 is 0 Å². The molecule has 51 heavy (non-hydrogen) atoms. The molecule has 0 amide bonds. The molecular weight excluding hydrogens is 674 g/mol. The normalized spacial score (nSPS) is 11.9. The van der Waals surface area contributed by atoms with Gasteiger partial charge in [-0.1, -0.05) is 103 Å². The van der Waals surface area contributed by atoms with Gasteiger partial charge >= 0.3 is 6.18 Å². The summed E-state index contributed by atoms with van der Waals surface area (Å²) in [4.78, 5) is 14.4. The Bertz CT molecular complexity index is 2630. The molecule has 2 heterocycles. The van der Waals surface area contributed by atoms with E-state index >= 15 is 13.2 Å². The number of halogens is 8. The van der Waals surface area contributed by atoms with Crippen LogP contribution in [0, 0.1) is 29.1 Å². The number of pyridine rings is 1. The fraction of sp³-hybridized carbons (Fsp3) is 0.0250. The van der Waals surface area contributed by atoms with Crippen LogP contribution in [-0.2, 0) is 6.18 Å². The molecule has 8 rings (SSSR count). The summed E-state index contributed by atoms with van der Waals surface area (Å²) in [5, 5.41) is 0.179. The Hall–Kier alpha value is -6.23. The quantitative estimate of drug-likeness (QED) is 0.0797. The van der Waals surface area contributed by atoms with Crippen LogP contribution in [0.25, 0.3) is 77.6 Å². The lowest BCUT2D eigenvalue weighted by atomic mass is 9.93. The summed E-state index contributed by atoms with van der Waals surface area (Å²) >= 11 is 0. The first-order valence-electron chi connectivity index (χ1n) is 15.4. The third-order valence-electron chi connectivity index (χ3n) is 8.66. The van der Waals surface area contributed by atoms with Crippen LogP contribution in [0.3, 0.4) is 0 Å². The number of alkyl halides is 3. The van der Waals surface area contributed by atoms with Gasteiger partial charge in [0, 0.05) is 32.8 Å². The van der Waals surface area contributed by atoms with E-state index in [9.17, 15) is 22.0 Å². The van der Waals surface area contributed by atoms with Crippen molar-refractivity contribution < 1.29 is 35.1 Å². The predicted molar refractivity (Wildman–Crippen MR) is 179 cm³/mol. The van der Waals surface area contributed by atoms with Crippen LogP contribution in [0.1, 0.15) is 5.56 Å². The Morgan fingerprint density at radius 2 is 0.882 bits per heavy atom. The number of benzene rings is 6. The molecule has 0 fully saturated rings. The summed E-state index contributed by atoms with van der Waals surface area (Å²) in [6.45, 7) is 0. The topological polar surface area (TPSA) is 38.7 Å². The Morgan fingerprint density at radius 1 is 0.412 bits per heavy atom. The van der Waals surface area contributed by atoms with E-state index in [1.54, 1.807) is 48.5 Å². The van der Waals surface area contributed by atoms with Crippen molar-refractivity contribution in [3.8, 4) is 44.9 Å². The second kappa shape index (κ2) is 12.0. The first-order valence-corrected chi connectivity index (χ1v) is 15.4. The van der Waals surface area contributed by atoms with E-state index in [4.69, 9.17) is 9.97 Å². The van der Waals surface area contributed by atoms with E-state index in [0.717, 1.165) is 18.2 Å². The summed E-state index contributed by atoms with van der Waals surface area (Å²) in [5.41, 5.74) is -0.0467. The first-order chi connectivity index (χ1) is 24.5. The summed E-state index contributed by atoms with van der Waals surface area (Å²) in [5.74, 6) is -10.6. The third kappa shape index (κ3) is 5.24. The number of para-hydroxylation sites is 1. The maximum absolute atomic E-state index is 15.1. The highest BCUT2D eigenvalue weighted by atomic mass is 19.4. The Kier molecular flexibility index (Phi) is 7.51. The van der Waals surface area contributed by atoms with E-state index in [1.807, 2.05) is 36.4 Å².